The van der Waals surface area contributed by atoms with Crippen molar-refractivity contribution in [2.45, 2.75) is 13.5 Å². The molecule has 0 bridgehead atoms. The summed E-state index contributed by atoms with van der Waals surface area (Å²) >= 11 is 0. The molecule has 9 heteroatoms. The van der Waals surface area contributed by atoms with Gasteiger partial charge in [-0.25, -0.2) is 8.78 Å². The van der Waals surface area contributed by atoms with Gasteiger partial charge in [-0.3, -0.25) is 14.9 Å². The molecule has 0 spiro atoms. The van der Waals surface area contributed by atoms with Crippen LogP contribution in [0.5, 0.6) is 0 Å². The van der Waals surface area contributed by atoms with E-state index >= 15 is 0 Å². The summed E-state index contributed by atoms with van der Waals surface area (Å²) in [5, 5.41) is 16.7. The molecule has 1 N–H and O–H groups in total. The zero-order chi connectivity index (χ0) is 15.6. The van der Waals surface area contributed by atoms with Gasteiger partial charge in [-0.05, 0) is 13.0 Å². The Kier molecular flexibility index (Phi) is 3.92. The molecule has 1 heterocycles. The van der Waals surface area contributed by atoms with Crippen molar-refractivity contribution < 1.29 is 23.0 Å². The number of hydrogen-bond acceptors (Lipinski definition) is 5. The Morgan fingerprint density at radius 1 is 1.38 bits per heavy atom. The molecule has 1 aromatic heterocycles. The standard InChI is InChI=1S/C12H9F2N3O4/c1-6-2-7(21-16-6)5-15-12(18)8-3-9(13)10(14)4-11(8)17(19)20/h2-4H,5H2,1H3,(H,15,18). The third-order valence-electron chi connectivity index (χ3n) is 2.58. The van der Waals surface area contributed by atoms with Crippen LogP contribution in [0.25, 0.3) is 0 Å². The van der Waals surface area contributed by atoms with Gasteiger partial charge in [0, 0.05) is 6.07 Å². The van der Waals surface area contributed by atoms with Gasteiger partial charge in [-0.2, -0.15) is 0 Å². The number of nitro groups is 1. The maximum absolute atomic E-state index is 13.1. The molecule has 0 fully saturated rings. The van der Waals surface area contributed by atoms with E-state index < -0.39 is 33.7 Å². The minimum Gasteiger partial charge on any atom is -0.359 e. The lowest BCUT2D eigenvalue weighted by Gasteiger charge is -2.04. The van der Waals surface area contributed by atoms with E-state index in [0.29, 0.717) is 23.6 Å². The van der Waals surface area contributed by atoms with E-state index in [1.165, 1.54) is 0 Å². The topological polar surface area (TPSA) is 98.3 Å². The minimum atomic E-state index is -1.40. The van der Waals surface area contributed by atoms with Gasteiger partial charge in [-0.15, -0.1) is 0 Å². The van der Waals surface area contributed by atoms with Crippen LogP contribution in [-0.4, -0.2) is 16.0 Å². The van der Waals surface area contributed by atoms with Crippen LogP contribution in [0.1, 0.15) is 21.8 Å². The van der Waals surface area contributed by atoms with Crippen molar-refractivity contribution in [3.8, 4) is 0 Å². The fourth-order valence-corrected chi connectivity index (χ4v) is 1.63. The van der Waals surface area contributed by atoms with Gasteiger partial charge in [0.2, 0.25) is 0 Å². The van der Waals surface area contributed by atoms with E-state index in [2.05, 4.69) is 10.5 Å². The highest BCUT2D eigenvalue weighted by molar-refractivity contribution is 5.98. The van der Waals surface area contributed by atoms with Crippen LogP contribution in [0.3, 0.4) is 0 Å². The monoisotopic (exact) mass is 297 g/mol. The fraction of sp³-hybridized carbons (Fsp3) is 0.167. The SMILES string of the molecule is Cc1cc(CNC(=O)c2cc(F)c(F)cc2[N+](=O)[O-])on1. The van der Waals surface area contributed by atoms with Crippen LogP contribution in [0.2, 0.25) is 0 Å². The van der Waals surface area contributed by atoms with Crippen molar-refractivity contribution >= 4 is 11.6 Å². The summed E-state index contributed by atoms with van der Waals surface area (Å²) in [6.07, 6.45) is 0. The van der Waals surface area contributed by atoms with Gasteiger partial charge >= 0.3 is 0 Å². The third-order valence-corrected chi connectivity index (χ3v) is 2.58. The average Bonchev–Trinajstić information content (AvgIpc) is 2.84. The number of hydrogen-bond donors (Lipinski definition) is 1. The number of rotatable bonds is 4. The van der Waals surface area contributed by atoms with Crippen molar-refractivity contribution in [1.29, 1.82) is 0 Å². The predicted molar refractivity (Wildman–Crippen MR) is 65.4 cm³/mol. The van der Waals surface area contributed by atoms with Gasteiger partial charge in [0.25, 0.3) is 11.6 Å². The number of aryl methyl sites for hydroxylation is 1. The maximum atomic E-state index is 13.1. The molecule has 21 heavy (non-hydrogen) atoms. The Morgan fingerprint density at radius 2 is 2.05 bits per heavy atom. The maximum Gasteiger partial charge on any atom is 0.285 e. The lowest BCUT2D eigenvalue weighted by molar-refractivity contribution is -0.385. The molecule has 0 unspecified atom stereocenters. The summed E-state index contributed by atoms with van der Waals surface area (Å²) in [5.74, 6) is -3.34. The zero-order valence-corrected chi connectivity index (χ0v) is 10.7. The molecule has 0 aliphatic rings. The van der Waals surface area contributed by atoms with Gasteiger partial charge in [-0.1, -0.05) is 5.16 Å². The second-order valence-corrected chi connectivity index (χ2v) is 4.16. The second kappa shape index (κ2) is 5.65. The van der Waals surface area contributed by atoms with Crippen LogP contribution in [0.15, 0.2) is 22.7 Å². The zero-order valence-electron chi connectivity index (χ0n) is 10.7. The first-order valence-corrected chi connectivity index (χ1v) is 5.72. The van der Waals surface area contributed by atoms with E-state index in [9.17, 15) is 23.7 Å². The van der Waals surface area contributed by atoms with Crippen LogP contribution < -0.4 is 5.32 Å². The molecule has 7 nitrogen and oxygen atoms in total. The number of halogens is 2. The molecule has 2 aromatic rings. The van der Waals surface area contributed by atoms with Crippen LogP contribution >= 0.6 is 0 Å². The smallest absolute Gasteiger partial charge is 0.285 e. The largest absolute Gasteiger partial charge is 0.359 e. The lowest BCUT2D eigenvalue weighted by Crippen LogP contribution is -2.23. The first kappa shape index (κ1) is 14.6. The van der Waals surface area contributed by atoms with E-state index in [1.54, 1.807) is 13.0 Å². The molecule has 1 amide bonds. The Balaban J connectivity index is 2.22. The summed E-state index contributed by atoms with van der Waals surface area (Å²) < 4.78 is 31.0. The number of carbonyl (C=O) groups excluding carboxylic acids is 1. The quantitative estimate of drug-likeness (QED) is 0.688. The average molecular weight is 297 g/mol. The number of nitro benzene ring substituents is 1. The number of amides is 1. The summed E-state index contributed by atoms with van der Waals surface area (Å²) in [6.45, 7) is 1.59. The molecule has 110 valence electrons. The molecule has 0 atom stereocenters. The molecule has 0 aliphatic carbocycles. The van der Waals surface area contributed by atoms with Crippen LogP contribution in [-0.2, 0) is 6.54 Å². The summed E-state index contributed by atoms with van der Waals surface area (Å²) in [6, 6.07) is 2.40. The second-order valence-electron chi connectivity index (χ2n) is 4.16. The van der Waals surface area contributed by atoms with Crippen molar-refractivity contribution in [3.63, 3.8) is 0 Å². The highest BCUT2D eigenvalue weighted by Gasteiger charge is 2.24. The number of nitrogens with one attached hydrogen (secondary N) is 1. The summed E-state index contributed by atoms with van der Waals surface area (Å²) in [4.78, 5) is 21.7. The van der Waals surface area contributed by atoms with E-state index in [0.717, 1.165) is 0 Å². The Labute approximate surface area is 116 Å². The first-order valence-electron chi connectivity index (χ1n) is 5.72. The van der Waals surface area contributed by atoms with E-state index in [1.807, 2.05) is 0 Å². The number of benzene rings is 1. The normalized spacial score (nSPS) is 10.4. The number of carbonyl (C=O) groups is 1. The van der Waals surface area contributed by atoms with Gasteiger partial charge in [0.1, 0.15) is 5.56 Å². The highest BCUT2D eigenvalue weighted by atomic mass is 19.2. The number of aromatic nitrogens is 1. The van der Waals surface area contributed by atoms with Gasteiger partial charge in [0.05, 0.1) is 23.2 Å². The van der Waals surface area contributed by atoms with Crippen molar-refractivity contribution in [3.05, 3.63) is 57.0 Å². The summed E-state index contributed by atoms with van der Waals surface area (Å²) in [7, 11) is 0. The Bertz CT molecular complexity index is 715. The molecule has 0 saturated carbocycles. The number of nitrogens with zero attached hydrogens (tertiary/aromatic N) is 2. The minimum absolute atomic E-state index is 0.0875. The van der Waals surface area contributed by atoms with E-state index in [4.69, 9.17) is 4.52 Å². The molecular formula is C12H9F2N3O4. The lowest BCUT2D eigenvalue weighted by atomic mass is 10.1. The third kappa shape index (κ3) is 3.19. The predicted octanol–water partition coefficient (Wildman–Crippen LogP) is 2.10. The van der Waals surface area contributed by atoms with E-state index in [-0.39, 0.29) is 6.54 Å². The molecule has 0 saturated heterocycles. The molecule has 0 radical (unpaired) electrons. The van der Waals surface area contributed by atoms with Crippen LogP contribution in [0, 0.1) is 28.7 Å². The van der Waals surface area contributed by atoms with Gasteiger partial charge in [0.15, 0.2) is 17.4 Å². The van der Waals surface area contributed by atoms with Crippen molar-refractivity contribution in [1.82, 2.24) is 10.5 Å². The molecule has 2 rings (SSSR count). The molecule has 1 aromatic carbocycles. The van der Waals surface area contributed by atoms with Crippen LogP contribution in [0.4, 0.5) is 14.5 Å². The van der Waals surface area contributed by atoms with Gasteiger partial charge < -0.3 is 9.84 Å². The molecule has 0 aliphatic heterocycles. The Morgan fingerprint density at radius 3 is 2.62 bits per heavy atom. The van der Waals surface area contributed by atoms with Crippen molar-refractivity contribution in [2.75, 3.05) is 0 Å². The fourth-order valence-electron chi connectivity index (χ4n) is 1.63. The Hall–Kier alpha value is -2.84. The van der Waals surface area contributed by atoms with Crippen molar-refractivity contribution in [2.24, 2.45) is 0 Å². The highest BCUT2D eigenvalue weighted by Crippen LogP contribution is 2.22. The summed E-state index contributed by atoms with van der Waals surface area (Å²) in [5.41, 5.74) is -0.798. The first-order chi connectivity index (χ1) is 9.88. The molecular weight excluding hydrogens is 288 g/mol.